The molecule has 2 aromatic heterocycles. The first-order valence-corrected chi connectivity index (χ1v) is 10.0. The van der Waals surface area contributed by atoms with E-state index in [0.29, 0.717) is 32.0 Å². The van der Waals surface area contributed by atoms with Crippen LogP contribution in [0.4, 0.5) is 24.8 Å². The highest BCUT2D eigenvalue weighted by Crippen LogP contribution is 2.31. The summed E-state index contributed by atoms with van der Waals surface area (Å²) in [6, 6.07) is 2.52. The number of alkyl halides is 3. The molecule has 8 heteroatoms. The zero-order chi connectivity index (χ0) is 21.3. The Morgan fingerprint density at radius 2 is 1.67 bits per heavy atom. The lowest BCUT2D eigenvalue weighted by atomic mass is 9.93. The van der Waals surface area contributed by atoms with Crippen LogP contribution in [0.15, 0.2) is 42.6 Å². The predicted octanol–water partition coefficient (Wildman–Crippen LogP) is 4.43. The summed E-state index contributed by atoms with van der Waals surface area (Å²) in [6.07, 6.45) is 5.86. The predicted molar refractivity (Wildman–Crippen MR) is 111 cm³/mol. The van der Waals surface area contributed by atoms with Gasteiger partial charge in [-0.1, -0.05) is 24.3 Å². The van der Waals surface area contributed by atoms with Crippen molar-refractivity contribution in [2.24, 2.45) is 0 Å². The van der Waals surface area contributed by atoms with Crippen molar-refractivity contribution >= 4 is 11.6 Å². The van der Waals surface area contributed by atoms with Crippen LogP contribution < -0.4 is 9.80 Å². The monoisotopic (exact) mass is 415 g/mol. The van der Waals surface area contributed by atoms with Crippen LogP contribution in [-0.4, -0.2) is 41.4 Å². The average Bonchev–Trinajstić information content (AvgIpc) is 2.76. The Morgan fingerprint density at radius 3 is 2.27 bits per heavy atom. The first-order valence-electron chi connectivity index (χ1n) is 10.0. The summed E-state index contributed by atoms with van der Waals surface area (Å²) < 4.78 is 38.2. The molecule has 1 aliphatic heterocycles. The van der Waals surface area contributed by atoms with Crippen LogP contribution in [-0.2, 0) is 6.18 Å². The molecule has 0 amide bonds. The van der Waals surface area contributed by atoms with Crippen molar-refractivity contribution in [3.8, 4) is 0 Å². The van der Waals surface area contributed by atoms with Gasteiger partial charge in [0.25, 0.3) is 0 Å². The number of hydrogen-bond acceptors (Lipinski definition) is 5. The summed E-state index contributed by atoms with van der Waals surface area (Å²) in [6.45, 7) is 6.92. The highest BCUT2D eigenvalue weighted by atomic mass is 19.4. The third kappa shape index (κ3) is 4.04. The third-order valence-electron chi connectivity index (χ3n) is 5.84. The van der Waals surface area contributed by atoms with E-state index < -0.39 is 11.7 Å². The van der Waals surface area contributed by atoms with Crippen LogP contribution >= 0.6 is 0 Å². The minimum absolute atomic E-state index is 0.262. The van der Waals surface area contributed by atoms with E-state index in [9.17, 15) is 13.2 Å². The number of pyridine rings is 1. The van der Waals surface area contributed by atoms with Crippen LogP contribution in [0.1, 0.15) is 34.7 Å². The van der Waals surface area contributed by atoms with Crippen LogP contribution in [0.5, 0.6) is 0 Å². The first kappa shape index (κ1) is 20.4. The van der Waals surface area contributed by atoms with E-state index in [1.54, 1.807) is 0 Å². The Hall–Kier alpha value is -2.90. The average molecular weight is 415 g/mol. The Morgan fingerprint density at radius 1 is 0.933 bits per heavy atom. The van der Waals surface area contributed by atoms with Crippen LogP contribution in [0.2, 0.25) is 0 Å². The van der Waals surface area contributed by atoms with Gasteiger partial charge in [0.05, 0.1) is 11.3 Å². The molecule has 2 aliphatic rings. The summed E-state index contributed by atoms with van der Waals surface area (Å²) in [5, 5.41) is 9.07. The van der Waals surface area contributed by atoms with Gasteiger partial charge in [-0.2, -0.15) is 18.3 Å². The van der Waals surface area contributed by atoms with Gasteiger partial charge in [-0.3, -0.25) is 0 Å². The Balaban J connectivity index is 1.44. The highest BCUT2D eigenvalue weighted by molar-refractivity contribution is 5.53. The van der Waals surface area contributed by atoms with Gasteiger partial charge < -0.3 is 9.80 Å². The SMILES string of the molecule is Cc1c(C2C=CC=CC2)nnc(N2CCN(c3ccc(C(F)(F)F)cn3)CC2)c1C. The van der Waals surface area contributed by atoms with Gasteiger partial charge in [-0.15, -0.1) is 5.10 Å². The molecule has 0 N–H and O–H groups in total. The molecule has 4 rings (SSSR count). The molecule has 0 bridgehead atoms. The Labute approximate surface area is 173 Å². The van der Waals surface area contributed by atoms with Crippen molar-refractivity contribution in [3.63, 3.8) is 0 Å². The molecule has 1 unspecified atom stereocenters. The molecule has 5 nitrogen and oxygen atoms in total. The number of anilines is 2. The van der Waals surface area contributed by atoms with E-state index in [1.165, 1.54) is 6.07 Å². The largest absolute Gasteiger partial charge is 0.417 e. The number of allylic oxidation sites excluding steroid dienone is 4. The molecule has 0 spiro atoms. The molecule has 30 heavy (non-hydrogen) atoms. The number of halogens is 3. The summed E-state index contributed by atoms with van der Waals surface area (Å²) in [7, 11) is 0. The van der Waals surface area contributed by atoms with Gasteiger partial charge in [0.15, 0.2) is 5.82 Å². The van der Waals surface area contributed by atoms with E-state index in [-0.39, 0.29) is 5.92 Å². The maximum absolute atomic E-state index is 12.7. The van der Waals surface area contributed by atoms with Crippen molar-refractivity contribution in [1.82, 2.24) is 15.2 Å². The summed E-state index contributed by atoms with van der Waals surface area (Å²) >= 11 is 0. The zero-order valence-electron chi connectivity index (χ0n) is 17.0. The number of nitrogens with zero attached hydrogens (tertiary/aromatic N) is 5. The second-order valence-corrected chi connectivity index (χ2v) is 7.69. The van der Waals surface area contributed by atoms with Gasteiger partial charge in [0, 0.05) is 38.3 Å². The topological polar surface area (TPSA) is 45.2 Å². The minimum Gasteiger partial charge on any atom is -0.353 e. The van der Waals surface area contributed by atoms with Crippen molar-refractivity contribution in [2.75, 3.05) is 36.0 Å². The third-order valence-corrected chi connectivity index (χ3v) is 5.84. The van der Waals surface area contributed by atoms with Gasteiger partial charge in [-0.05, 0) is 43.5 Å². The first-order chi connectivity index (χ1) is 14.3. The van der Waals surface area contributed by atoms with Crippen molar-refractivity contribution in [1.29, 1.82) is 0 Å². The lowest BCUT2D eigenvalue weighted by Crippen LogP contribution is -2.47. The quantitative estimate of drug-likeness (QED) is 0.742. The van der Waals surface area contributed by atoms with Crippen molar-refractivity contribution in [3.05, 3.63) is 65.0 Å². The molecule has 1 aliphatic carbocycles. The number of rotatable bonds is 3. The molecule has 0 aromatic carbocycles. The normalized spacial score (nSPS) is 19.4. The van der Waals surface area contributed by atoms with Crippen LogP contribution in [0.3, 0.4) is 0 Å². The van der Waals surface area contributed by atoms with E-state index >= 15 is 0 Å². The lowest BCUT2D eigenvalue weighted by molar-refractivity contribution is -0.137. The smallest absolute Gasteiger partial charge is 0.353 e. The number of hydrogen-bond donors (Lipinski definition) is 0. The summed E-state index contributed by atoms with van der Waals surface area (Å²) in [5.41, 5.74) is 2.58. The molecule has 0 saturated carbocycles. The Bertz CT molecular complexity index is 958. The fourth-order valence-electron chi connectivity index (χ4n) is 3.94. The minimum atomic E-state index is -4.37. The number of piperazine rings is 1. The maximum Gasteiger partial charge on any atom is 0.417 e. The molecule has 158 valence electrons. The van der Waals surface area contributed by atoms with Gasteiger partial charge in [-0.25, -0.2) is 4.98 Å². The molecule has 1 saturated heterocycles. The lowest BCUT2D eigenvalue weighted by Gasteiger charge is -2.36. The van der Waals surface area contributed by atoms with E-state index in [1.807, 2.05) is 17.1 Å². The molecule has 3 heterocycles. The molecule has 1 atom stereocenters. The second kappa shape index (κ2) is 8.08. The molecular weight excluding hydrogens is 391 g/mol. The highest BCUT2D eigenvalue weighted by Gasteiger charge is 2.31. The van der Waals surface area contributed by atoms with Crippen LogP contribution in [0, 0.1) is 13.8 Å². The number of aromatic nitrogens is 3. The molecular formula is C22H24F3N5. The van der Waals surface area contributed by atoms with E-state index in [4.69, 9.17) is 0 Å². The fraction of sp³-hybridized carbons (Fsp3) is 0.409. The molecule has 0 radical (unpaired) electrons. The summed E-state index contributed by atoms with van der Waals surface area (Å²) in [5.74, 6) is 1.71. The van der Waals surface area contributed by atoms with Gasteiger partial charge in [0.2, 0.25) is 0 Å². The summed E-state index contributed by atoms with van der Waals surface area (Å²) in [4.78, 5) is 8.20. The van der Waals surface area contributed by atoms with Crippen LogP contribution in [0.25, 0.3) is 0 Å². The Kier molecular flexibility index (Phi) is 5.49. The standard InChI is InChI=1S/C22H24F3N5/c1-15-16(2)21(28-27-20(15)17-6-4-3-5-7-17)30-12-10-29(11-13-30)19-9-8-18(14-26-19)22(23,24)25/h3-6,8-9,14,17H,7,10-13H2,1-2H3. The van der Waals surface area contributed by atoms with Crippen molar-refractivity contribution < 1.29 is 13.2 Å². The zero-order valence-corrected chi connectivity index (χ0v) is 17.0. The van der Waals surface area contributed by atoms with Crippen molar-refractivity contribution in [2.45, 2.75) is 32.4 Å². The van der Waals surface area contributed by atoms with E-state index in [2.05, 4.69) is 46.1 Å². The molecule has 2 aromatic rings. The van der Waals surface area contributed by atoms with E-state index in [0.717, 1.165) is 41.3 Å². The van der Waals surface area contributed by atoms with Gasteiger partial charge in [0.1, 0.15) is 5.82 Å². The molecule has 1 fully saturated rings. The fourth-order valence-corrected chi connectivity index (χ4v) is 3.94. The maximum atomic E-state index is 12.7. The van der Waals surface area contributed by atoms with Gasteiger partial charge >= 0.3 is 6.18 Å². The second-order valence-electron chi connectivity index (χ2n) is 7.69.